The van der Waals surface area contributed by atoms with Crippen LogP contribution in [0.25, 0.3) is 6.08 Å². The molecule has 0 saturated carbocycles. The van der Waals surface area contributed by atoms with Crippen LogP contribution in [0.4, 0.5) is 0 Å². The van der Waals surface area contributed by atoms with Crippen molar-refractivity contribution in [1.29, 1.82) is 0 Å². The molecule has 148 valence electrons. The Balaban J connectivity index is 1.66. The molecule has 5 nitrogen and oxygen atoms in total. The van der Waals surface area contributed by atoms with Crippen LogP contribution in [-0.2, 0) is 14.3 Å². The number of unbranched alkanes of at least 4 members (excludes halogenated alkanes) is 4. The predicted octanol–water partition coefficient (Wildman–Crippen LogP) is 4.52. The fraction of sp³-hybridized carbons (Fsp3) is 0.500. The molecule has 7 heteroatoms. The van der Waals surface area contributed by atoms with E-state index in [9.17, 15) is 19.8 Å². The molecule has 3 unspecified atom stereocenters. The molecule has 0 aliphatic carbocycles. The summed E-state index contributed by atoms with van der Waals surface area (Å²) in [4.78, 5) is 22.1. The van der Waals surface area contributed by atoms with Crippen LogP contribution >= 0.6 is 23.2 Å². The molecule has 0 aromatic heterocycles. The number of ether oxygens (including phenoxy) is 1. The third-order valence-corrected chi connectivity index (χ3v) is 5.32. The highest BCUT2D eigenvalue weighted by Crippen LogP contribution is 2.33. The van der Waals surface area contributed by atoms with E-state index >= 15 is 0 Å². The van der Waals surface area contributed by atoms with Crippen LogP contribution in [-0.4, -0.2) is 40.3 Å². The van der Waals surface area contributed by atoms with Crippen molar-refractivity contribution in [1.82, 2.24) is 0 Å². The lowest BCUT2D eigenvalue weighted by Crippen LogP contribution is -2.46. The number of aliphatic hydroxyl groups is 1. The Hall–Kier alpha value is -1.40. The van der Waals surface area contributed by atoms with Crippen LogP contribution in [0.1, 0.15) is 50.5 Å². The van der Waals surface area contributed by atoms with Gasteiger partial charge in [0.25, 0.3) is 0 Å². The van der Waals surface area contributed by atoms with Gasteiger partial charge in [0.05, 0.1) is 6.10 Å². The minimum absolute atomic E-state index is 0.186. The Morgan fingerprint density at radius 2 is 2.00 bits per heavy atom. The number of aldehydes is 1. The van der Waals surface area contributed by atoms with Gasteiger partial charge >= 0.3 is 5.97 Å². The van der Waals surface area contributed by atoms with Crippen molar-refractivity contribution in [3.05, 3.63) is 39.9 Å². The number of carboxylic acid groups (broad SMARTS) is 1. The van der Waals surface area contributed by atoms with E-state index in [1.165, 1.54) is 0 Å². The normalized spacial score (nSPS) is 25.1. The van der Waals surface area contributed by atoms with E-state index in [0.717, 1.165) is 37.7 Å². The van der Waals surface area contributed by atoms with Crippen LogP contribution in [0.3, 0.4) is 0 Å². The van der Waals surface area contributed by atoms with E-state index < -0.39 is 23.8 Å². The van der Waals surface area contributed by atoms with E-state index in [-0.39, 0.29) is 6.42 Å². The minimum atomic E-state index is -1.97. The number of halogens is 2. The molecule has 1 aliphatic rings. The number of allylic oxidation sites excluding steroid dienone is 1. The zero-order chi connectivity index (χ0) is 19.9. The molecular formula is C20H24Cl2O5. The summed E-state index contributed by atoms with van der Waals surface area (Å²) in [6.45, 7) is 0. The Morgan fingerprint density at radius 1 is 1.26 bits per heavy atom. The maximum absolute atomic E-state index is 11.3. The van der Waals surface area contributed by atoms with Gasteiger partial charge in [0, 0.05) is 16.5 Å². The number of hydrogen-bond acceptors (Lipinski definition) is 4. The minimum Gasteiger partial charge on any atom is -0.479 e. The van der Waals surface area contributed by atoms with Gasteiger partial charge < -0.3 is 19.7 Å². The molecule has 2 N–H and O–H groups in total. The second kappa shape index (κ2) is 10.2. The number of benzene rings is 1. The number of carboxylic acids is 1. The standard InChI is InChI=1S/C20H24Cl2O5/c21-15-10-9-14(17(22)11-15)7-5-3-1-2-4-6-8-18-20(26,19(24)25)12-16(13-23)27-18/h5,7,9-11,13,16,18,26H,1-4,6,8,12H2,(H,24,25). The molecule has 3 atom stereocenters. The Labute approximate surface area is 168 Å². The summed E-state index contributed by atoms with van der Waals surface area (Å²) in [7, 11) is 0. The van der Waals surface area contributed by atoms with Gasteiger partial charge in [-0.15, -0.1) is 0 Å². The van der Waals surface area contributed by atoms with Crippen LogP contribution in [0, 0.1) is 0 Å². The molecule has 0 bridgehead atoms. The van der Waals surface area contributed by atoms with E-state index in [2.05, 4.69) is 6.08 Å². The van der Waals surface area contributed by atoms with Gasteiger partial charge in [-0.05, 0) is 37.0 Å². The molecule has 0 spiro atoms. The maximum atomic E-state index is 11.3. The number of carbonyl (C=O) groups excluding carboxylic acids is 1. The maximum Gasteiger partial charge on any atom is 0.338 e. The van der Waals surface area contributed by atoms with E-state index in [4.69, 9.17) is 27.9 Å². The van der Waals surface area contributed by atoms with Crippen molar-refractivity contribution in [3.63, 3.8) is 0 Å². The first kappa shape index (κ1) is 21.9. The summed E-state index contributed by atoms with van der Waals surface area (Å²) in [6.07, 6.45) is 7.65. The van der Waals surface area contributed by atoms with Crippen LogP contribution in [0.15, 0.2) is 24.3 Å². The number of aliphatic carboxylic acids is 1. The first-order valence-electron chi connectivity index (χ1n) is 9.05. The highest BCUT2D eigenvalue weighted by molar-refractivity contribution is 6.35. The van der Waals surface area contributed by atoms with Gasteiger partial charge in [-0.1, -0.05) is 60.7 Å². The second-order valence-corrected chi connectivity index (χ2v) is 7.64. The third-order valence-electron chi connectivity index (χ3n) is 4.75. The monoisotopic (exact) mass is 414 g/mol. The highest BCUT2D eigenvalue weighted by atomic mass is 35.5. The summed E-state index contributed by atoms with van der Waals surface area (Å²) >= 11 is 12.0. The van der Waals surface area contributed by atoms with E-state index in [1.54, 1.807) is 12.1 Å². The molecule has 1 aromatic rings. The first-order valence-corrected chi connectivity index (χ1v) is 9.80. The lowest BCUT2D eigenvalue weighted by molar-refractivity contribution is -0.164. The average Bonchev–Trinajstić information content (AvgIpc) is 2.96. The van der Waals surface area contributed by atoms with Gasteiger partial charge in [-0.2, -0.15) is 0 Å². The molecule has 1 aromatic carbocycles. The Morgan fingerprint density at radius 3 is 2.67 bits per heavy atom. The third kappa shape index (κ3) is 6.04. The largest absolute Gasteiger partial charge is 0.479 e. The molecular weight excluding hydrogens is 391 g/mol. The van der Waals surface area contributed by atoms with Crippen LogP contribution in [0.5, 0.6) is 0 Å². The summed E-state index contributed by atoms with van der Waals surface area (Å²) in [5, 5.41) is 20.7. The summed E-state index contributed by atoms with van der Waals surface area (Å²) in [5.74, 6) is -1.33. The second-order valence-electron chi connectivity index (χ2n) is 6.79. The van der Waals surface area contributed by atoms with Gasteiger partial charge in [0.15, 0.2) is 5.60 Å². The molecule has 27 heavy (non-hydrogen) atoms. The number of carbonyl (C=O) groups is 2. The van der Waals surface area contributed by atoms with Gasteiger partial charge in [0.1, 0.15) is 12.4 Å². The number of hydrogen-bond donors (Lipinski definition) is 2. The Bertz CT molecular complexity index is 691. The van der Waals surface area contributed by atoms with Crippen molar-refractivity contribution in [2.45, 2.75) is 62.8 Å². The fourth-order valence-electron chi connectivity index (χ4n) is 3.21. The van der Waals surface area contributed by atoms with Crippen LogP contribution in [0.2, 0.25) is 10.0 Å². The predicted molar refractivity (Wildman–Crippen MR) is 105 cm³/mol. The Kier molecular flexibility index (Phi) is 8.29. The van der Waals surface area contributed by atoms with Crippen molar-refractivity contribution in [3.8, 4) is 0 Å². The van der Waals surface area contributed by atoms with E-state index in [0.29, 0.717) is 22.8 Å². The fourth-order valence-corrected chi connectivity index (χ4v) is 3.69. The molecule has 1 fully saturated rings. The van der Waals surface area contributed by atoms with Crippen molar-refractivity contribution >= 4 is 41.5 Å². The average molecular weight is 415 g/mol. The zero-order valence-electron chi connectivity index (χ0n) is 14.9. The highest BCUT2D eigenvalue weighted by Gasteiger charge is 2.52. The van der Waals surface area contributed by atoms with E-state index in [1.807, 2.05) is 12.1 Å². The molecule has 1 aliphatic heterocycles. The quantitative estimate of drug-likeness (QED) is 0.434. The SMILES string of the molecule is O=CC1CC(O)(C(=O)O)C(CCCCCCC=Cc2ccc(Cl)cc2Cl)O1. The van der Waals surface area contributed by atoms with Crippen molar-refractivity contribution in [2.75, 3.05) is 0 Å². The van der Waals surface area contributed by atoms with Crippen molar-refractivity contribution < 1.29 is 24.5 Å². The van der Waals surface area contributed by atoms with Crippen LogP contribution < -0.4 is 0 Å². The zero-order valence-corrected chi connectivity index (χ0v) is 16.5. The summed E-state index contributed by atoms with van der Waals surface area (Å²) in [5.41, 5.74) is -1.04. The number of rotatable bonds is 10. The molecule has 2 rings (SSSR count). The lowest BCUT2D eigenvalue weighted by atomic mass is 9.90. The summed E-state index contributed by atoms with van der Waals surface area (Å²) < 4.78 is 5.37. The topological polar surface area (TPSA) is 83.8 Å². The molecule has 1 heterocycles. The van der Waals surface area contributed by atoms with Gasteiger partial charge in [-0.25, -0.2) is 4.79 Å². The lowest BCUT2D eigenvalue weighted by Gasteiger charge is -2.23. The van der Waals surface area contributed by atoms with Gasteiger partial charge in [0.2, 0.25) is 0 Å². The smallest absolute Gasteiger partial charge is 0.338 e. The molecule has 0 radical (unpaired) electrons. The van der Waals surface area contributed by atoms with Crippen molar-refractivity contribution in [2.24, 2.45) is 0 Å². The first-order chi connectivity index (χ1) is 12.9. The molecule has 0 amide bonds. The molecule has 1 saturated heterocycles. The van der Waals surface area contributed by atoms with Gasteiger partial charge in [-0.3, -0.25) is 0 Å². The summed E-state index contributed by atoms with van der Waals surface area (Å²) in [6, 6.07) is 5.38.